The molecule has 10 heteroatoms. The average Bonchev–Trinajstić information content (AvgIpc) is 3.41. The van der Waals surface area contributed by atoms with Gasteiger partial charge in [-0.1, -0.05) is 0 Å². The molecule has 0 radical (unpaired) electrons. The lowest BCUT2D eigenvalue weighted by Crippen LogP contribution is -2.23. The van der Waals surface area contributed by atoms with Crippen molar-refractivity contribution < 1.29 is 12.8 Å². The van der Waals surface area contributed by atoms with Crippen LogP contribution in [0.2, 0.25) is 0 Å². The fourth-order valence-electron chi connectivity index (χ4n) is 3.08. The van der Waals surface area contributed by atoms with Crippen molar-refractivity contribution in [2.45, 2.75) is 16.5 Å². The number of fused-ring (bicyclic) bond motifs is 2. The van der Waals surface area contributed by atoms with Crippen molar-refractivity contribution in [3.63, 3.8) is 0 Å². The number of hydrogen-bond acceptors (Lipinski definition) is 7. The normalized spacial score (nSPS) is 12.0. The summed E-state index contributed by atoms with van der Waals surface area (Å²) in [5, 5.41) is 11.5. The predicted octanol–water partition coefficient (Wildman–Crippen LogP) is 2.14. The van der Waals surface area contributed by atoms with Crippen LogP contribution in [0.3, 0.4) is 0 Å². The SMILES string of the molecule is O=c1c2ccc(S(=O)(=O)c3ccc4occc4n3)cc2cnn1Cc1cc[nH]n1. The number of furan rings is 1. The van der Waals surface area contributed by atoms with Gasteiger partial charge in [-0.25, -0.2) is 18.1 Å². The molecule has 4 heterocycles. The Morgan fingerprint density at radius 3 is 2.83 bits per heavy atom. The molecule has 0 amide bonds. The smallest absolute Gasteiger partial charge is 0.274 e. The van der Waals surface area contributed by atoms with Crippen molar-refractivity contribution in [3.8, 4) is 0 Å². The van der Waals surface area contributed by atoms with E-state index in [2.05, 4.69) is 20.3 Å². The summed E-state index contributed by atoms with van der Waals surface area (Å²) in [5.41, 5.74) is 1.30. The lowest BCUT2D eigenvalue weighted by atomic mass is 10.2. The second kappa shape index (κ2) is 6.38. The zero-order valence-corrected chi connectivity index (χ0v) is 15.6. The highest BCUT2D eigenvalue weighted by molar-refractivity contribution is 7.91. The summed E-state index contributed by atoms with van der Waals surface area (Å²) in [4.78, 5) is 16.9. The molecular formula is C19H13N5O4S. The molecular weight excluding hydrogens is 394 g/mol. The summed E-state index contributed by atoms with van der Waals surface area (Å²) in [7, 11) is -3.87. The van der Waals surface area contributed by atoms with Gasteiger partial charge >= 0.3 is 0 Å². The Morgan fingerprint density at radius 1 is 1.10 bits per heavy atom. The molecule has 0 saturated carbocycles. The summed E-state index contributed by atoms with van der Waals surface area (Å²) in [5.74, 6) is 0. The molecule has 29 heavy (non-hydrogen) atoms. The number of sulfone groups is 1. The standard InChI is InChI=1S/C19H13N5O4S/c25-19-15-2-1-14(9-12(15)10-21-24(19)11-13-5-7-20-23-13)29(26,27)18-4-3-17-16(22-18)6-8-28-17/h1-10H,11H2,(H,20,23). The Kier molecular flexibility index (Phi) is 3.81. The second-order valence-electron chi connectivity index (χ2n) is 6.38. The Bertz CT molecular complexity index is 1520. The molecule has 5 aromatic rings. The zero-order valence-electron chi connectivity index (χ0n) is 14.8. The van der Waals surface area contributed by atoms with E-state index in [-0.39, 0.29) is 22.0 Å². The lowest BCUT2D eigenvalue weighted by molar-refractivity contribution is 0.592. The maximum atomic E-state index is 13.0. The van der Waals surface area contributed by atoms with Gasteiger partial charge in [0, 0.05) is 17.6 Å². The maximum Gasteiger partial charge on any atom is 0.274 e. The van der Waals surface area contributed by atoms with Gasteiger partial charge in [-0.2, -0.15) is 10.2 Å². The Balaban J connectivity index is 1.58. The molecule has 0 aliphatic heterocycles. The van der Waals surface area contributed by atoms with Crippen LogP contribution in [-0.2, 0) is 16.4 Å². The van der Waals surface area contributed by atoms with E-state index in [1.165, 1.54) is 41.4 Å². The lowest BCUT2D eigenvalue weighted by Gasteiger charge is -2.07. The third-order valence-corrected chi connectivity index (χ3v) is 6.21. The largest absolute Gasteiger partial charge is 0.463 e. The molecule has 9 nitrogen and oxygen atoms in total. The quantitative estimate of drug-likeness (QED) is 0.484. The first-order chi connectivity index (χ1) is 14.0. The van der Waals surface area contributed by atoms with Crippen LogP contribution < -0.4 is 5.56 Å². The molecule has 0 unspecified atom stereocenters. The van der Waals surface area contributed by atoms with E-state index in [9.17, 15) is 13.2 Å². The summed E-state index contributed by atoms with van der Waals surface area (Å²) < 4.78 is 32.5. The Morgan fingerprint density at radius 2 is 2.00 bits per heavy atom. The average molecular weight is 407 g/mol. The predicted molar refractivity (Wildman–Crippen MR) is 103 cm³/mol. The zero-order chi connectivity index (χ0) is 20.0. The van der Waals surface area contributed by atoms with Gasteiger partial charge in [0.1, 0.15) is 5.52 Å². The Hall–Kier alpha value is -3.79. The molecule has 4 aromatic heterocycles. The summed E-state index contributed by atoms with van der Waals surface area (Å²) in [6, 6.07) is 10.6. The third-order valence-electron chi connectivity index (χ3n) is 4.56. The Labute approximate surface area is 163 Å². The van der Waals surface area contributed by atoms with Crippen molar-refractivity contribution in [1.82, 2.24) is 25.0 Å². The molecule has 0 spiro atoms. The van der Waals surface area contributed by atoms with E-state index >= 15 is 0 Å². The highest BCUT2D eigenvalue weighted by Gasteiger charge is 2.21. The molecule has 0 aliphatic carbocycles. The van der Waals surface area contributed by atoms with Crippen LogP contribution in [0.25, 0.3) is 21.9 Å². The van der Waals surface area contributed by atoms with Gasteiger partial charge in [0.15, 0.2) is 10.6 Å². The van der Waals surface area contributed by atoms with Gasteiger partial charge in [0.25, 0.3) is 5.56 Å². The van der Waals surface area contributed by atoms with Gasteiger partial charge < -0.3 is 4.42 Å². The molecule has 0 saturated heterocycles. The van der Waals surface area contributed by atoms with E-state index in [0.29, 0.717) is 27.6 Å². The first-order valence-electron chi connectivity index (χ1n) is 8.60. The molecule has 0 atom stereocenters. The minimum atomic E-state index is -3.87. The number of pyridine rings is 1. The van der Waals surface area contributed by atoms with Gasteiger partial charge in [-0.3, -0.25) is 9.89 Å². The van der Waals surface area contributed by atoms with Gasteiger partial charge in [-0.05, 0) is 36.4 Å². The van der Waals surface area contributed by atoms with Crippen LogP contribution in [-0.4, -0.2) is 33.4 Å². The number of aromatic amines is 1. The summed E-state index contributed by atoms with van der Waals surface area (Å²) in [6.07, 6.45) is 4.58. The van der Waals surface area contributed by atoms with E-state index in [1.807, 2.05) is 0 Å². The molecule has 0 fully saturated rings. The molecule has 0 aliphatic rings. The van der Waals surface area contributed by atoms with Crippen molar-refractivity contribution in [2.24, 2.45) is 0 Å². The van der Waals surface area contributed by atoms with Gasteiger partial charge in [-0.15, -0.1) is 0 Å². The van der Waals surface area contributed by atoms with Crippen molar-refractivity contribution in [2.75, 3.05) is 0 Å². The van der Waals surface area contributed by atoms with Gasteiger partial charge in [0.05, 0.1) is 35.0 Å². The number of aromatic nitrogens is 5. The molecule has 5 rings (SSSR count). The van der Waals surface area contributed by atoms with E-state index in [4.69, 9.17) is 4.42 Å². The van der Waals surface area contributed by atoms with Crippen LogP contribution in [0.15, 0.2) is 80.3 Å². The minimum Gasteiger partial charge on any atom is -0.463 e. The number of nitrogens with one attached hydrogen (secondary N) is 1. The first kappa shape index (κ1) is 17.3. The highest BCUT2D eigenvalue weighted by Crippen LogP contribution is 2.24. The van der Waals surface area contributed by atoms with Crippen molar-refractivity contribution in [1.29, 1.82) is 0 Å². The number of H-pyrrole nitrogens is 1. The van der Waals surface area contributed by atoms with Crippen LogP contribution in [0.1, 0.15) is 5.69 Å². The number of rotatable bonds is 4. The monoisotopic (exact) mass is 407 g/mol. The van der Waals surface area contributed by atoms with Crippen molar-refractivity contribution >= 4 is 31.7 Å². The second-order valence-corrected chi connectivity index (χ2v) is 8.28. The molecule has 1 N–H and O–H groups in total. The van der Waals surface area contributed by atoms with Crippen LogP contribution in [0.5, 0.6) is 0 Å². The van der Waals surface area contributed by atoms with Crippen molar-refractivity contribution in [3.05, 3.63) is 77.2 Å². The molecule has 144 valence electrons. The number of nitrogens with zero attached hydrogens (tertiary/aromatic N) is 4. The summed E-state index contributed by atoms with van der Waals surface area (Å²) >= 11 is 0. The number of hydrogen-bond donors (Lipinski definition) is 1. The minimum absolute atomic E-state index is 0.0339. The molecule has 1 aromatic carbocycles. The third kappa shape index (κ3) is 2.90. The van der Waals surface area contributed by atoms with Crippen LogP contribution in [0, 0.1) is 0 Å². The topological polar surface area (TPSA) is 124 Å². The van der Waals surface area contributed by atoms with Gasteiger partial charge in [0.2, 0.25) is 9.84 Å². The molecule has 0 bridgehead atoms. The fraction of sp³-hybridized carbons (Fsp3) is 0.0526. The van der Waals surface area contributed by atoms with E-state index in [1.54, 1.807) is 24.4 Å². The van der Waals surface area contributed by atoms with Crippen LogP contribution >= 0.6 is 0 Å². The first-order valence-corrected chi connectivity index (χ1v) is 10.1. The highest BCUT2D eigenvalue weighted by atomic mass is 32.2. The fourth-order valence-corrected chi connectivity index (χ4v) is 4.32. The van der Waals surface area contributed by atoms with E-state index in [0.717, 1.165) is 0 Å². The number of benzene rings is 1. The van der Waals surface area contributed by atoms with E-state index < -0.39 is 9.84 Å². The maximum absolute atomic E-state index is 13.0. The summed E-state index contributed by atoms with van der Waals surface area (Å²) in [6.45, 7) is 0.215. The van der Waals surface area contributed by atoms with Crippen LogP contribution in [0.4, 0.5) is 0 Å².